The van der Waals surface area contributed by atoms with Crippen molar-refractivity contribution in [1.29, 1.82) is 0 Å². The molecule has 2 aliphatic heterocycles. The Kier molecular flexibility index (Phi) is 3.85. The quantitative estimate of drug-likeness (QED) is 0.674. The van der Waals surface area contributed by atoms with Gasteiger partial charge in [0, 0.05) is 6.04 Å². The molecular weight excluding hydrogens is 202 g/mol. The molecule has 2 saturated heterocycles. The maximum absolute atomic E-state index is 11.6. The van der Waals surface area contributed by atoms with Crippen molar-refractivity contribution in [2.45, 2.75) is 45.1 Å². The van der Waals surface area contributed by atoms with E-state index in [0.717, 1.165) is 0 Å². The lowest BCUT2D eigenvalue weighted by Crippen LogP contribution is -2.50. The second kappa shape index (κ2) is 5.17. The Morgan fingerprint density at radius 2 is 2.00 bits per heavy atom. The Morgan fingerprint density at radius 3 is 2.75 bits per heavy atom. The van der Waals surface area contributed by atoms with Gasteiger partial charge in [-0.05, 0) is 44.7 Å². The number of methoxy groups -OCH3 is 1. The second-order valence-electron chi connectivity index (χ2n) is 5.22. The molecule has 92 valence electrons. The van der Waals surface area contributed by atoms with Crippen molar-refractivity contribution < 1.29 is 9.53 Å². The highest BCUT2D eigenvalue weighted by Crippen LogP contribution is 2.35. The lowest BCUT2D eigenvalue weighted by molar-refractivity contribution is -0.148. The number of hydrogen-bond acceptors (Lipinski definition) is 3. The van der Waals surface area contributed by atoms with E-state index in [4.69, 9.17) is 4.74 Å². The van der Waals surface area contributed by atoms with E-state index in [2.05, 4.69) is 4.90 Å². The lowest BCUT2D eigenvalue weighted by Gasteiger charge is -2.45. The third-order valence-corrected chi connectivity index (χ3v) is 4.36. The predicted octanol–water partition coefficient (Wildman–Crippen LogP) is 2.06. The van der Waals surface area contributed by atoms with E-state index in [-0.39, 0.29) is 11.9 Å². The van der Waals surface area contributed by atoms with Crippen LogP contribution in [-0.4, -0.2) is 37.1 Å². The molecule has 0 aromatic heterocycles. The molecule has 0 radical (unpaired) electrons. The lowest BCUT2D eigenvalue weighted by atomic mass is 9.76. The van der Waals surface area contributed by atoms with Gasteiger partial charge < -0.3 is 9.64 Å². The zero-order valence-corrected chi connectivity index (χ0v) is 10.4. The van der Waals surface area contributed by atoms with E-state index in [1.807, 2.05) is 6.92 Å². The van der Waals surface area contributed by atoms with Crippen LogP contribution in [0.25, 0.3) is 0 Å². The Hall–Kier alpha value is -0.570. The van der Waals surface area contributed by atoms with Gasteiger partial charge in [0.2, 0.25) is 0 Å². The summed E-state index contributed by atoms with van der Waals surface area (Å²) in [6.45, 7) is 4.50. The van der Waals surface area contributed by atoms with Crippen LogP contribution in [0, 0.1) is 11.8 Å². The number of hydrogen-bond donors (Lipinski definition) is 0. The van der Waals surface area contributed by atoms with E-state index >= 15 is 0 Å². The molecule has 2 heterocycles. The number of carbonyl (C=O) groups is 1. The fourth-order valence-corrected chi connectivity index (χ4v) is 3.45. The minimum Gasteiger partial charge on any atom is -0.469 e. The summed E-state index contributed by atoms with van der Waals surface area (Å²) in [6.07, 6.45) is 6.35. The summed E-state index contributed by atoms with van der Waals surface area (Å²) in [5, 5.41) is 0. The number of fused-ring (bicyclic) bond motifs is 1. The second-order valence-corrected chi connectivity index (χ2v) is 5.22. The van der Waals surface area contributed by atoms with Crippen molar-refractivity contribution in [2.24, 2.45) is 11.8 Å². The first-order chi connectivity index (χ1) is 7.74. The minimum absolute atomic E-state index is 0.0302. The van der Waals surface area contributed by atoms with Gasteiger partial charge in [0.15, 0.2) is 0 Å². The Bertz CT molecular complexity index is 252. The van der Waals surface area contributed by atoms with Gasteiger partial charge in [0.05, 0.1) is 13.0 Å². The molecule has 0 N–H and O–H groups in total. The summed E-state index contributed by atoms with van der Waals surface area (Å²) in [4.78, 5) is 14.2. The van der Waals surface area contributed by atoms with Gasteiger partial charge in [0.1, 0.15) is 0 Å². The summed E-state index contributed by atoms with van der Waals surface area (Å²) in [7, 11) is 1.50. The van der Waals surface area contributed by atoms with Gasteiger partial charge in [-0.15, -0.1) is 0 Å². The summed E-state index contributed by atoms with van der Waals surface area (Å²) >= 11 is 0. The fourth-order valence-electron chi connectivity index (χ4n) is 3.45. The number of nitrogens with zero attached hydrogens (tertiary/aromatic N) is 1. The Labute approximate surface area is 98.1 Å². The van der Waals surface area contributed by atoms with Crippen LogP contribution in [0.1, 0.15) is 39.0 Å². The zero-order chi connectivity index (χ0) is 11.5. The molecule has 0 saturated carbocycles. The Balaban J connectivity index is 2.04. The van der Waals surface area contributed by atoms with Crippen molar-refractivity contribution >= 4 is 5.97 Å². The summed E-state index contributed by atoms with van der Waals surface area (Å²) in [5.41, 5.74) is 0. The van der Waals surface area contributed by atoms with Crippen LogP contribution in [0.5, 0.6) is 0 Å². The maximum atomic E-state index is 11.6. The van der Waals surface area contributed by atoms with Crippen LogP contribution in [0.15, 0.2) is 0 Å². The highest BCUT2D eigenvalue weighted by atomic mass is 16.5. The number of piperidine rings is 2. The molecule has 3 atom stereocenters. The normalized spacial score (nSPS) is 32.9. The van der Waals surface area contributed by atoms with Crippen LogP contribution >= 0.6 is 0 Å². The van der Waals surface area contributed by atoms with Crippen molar-refractivity contribution in [2.75, 3.05) is 20.2 Å². The highest BCUT2D eigenvalue weighted by Gasteiger charge is 2.38. The van der Waals surface area contributed by atoms with Crippen molar-refractivity contribution in [1.82, 2.24) is 4.90 Å². The van der Waals surface area contributed by atoms with Crippen molar-refractivity contribution in [3.8, 4) is 0 Å². The first-order valence-corrected chi connectivity index (χ1v) is 6.56. The average Bonchev–Trinajstić information content (AvgIpc) is 2.36. The van der Waals surface area contributed by atoms with E-state index < -0.39 is 0 Å². The molecule has 0 aromatic carbocycles. The van der Waals surface area contributed by atoms with Gasteiger partial charge in [-0.1, -0.05) is 13.3 Å². The largest absolute Gasteiger partial charge is 0.469 e. The third-order valence-electron chi connectivity index (χ3n) is 4.36. The summed E-state index contributed by atoms with van der Waals surface area (Å²) in [6, 6.07) is 0.636. The van der Waals surface area contributed by atoms with Crippen LogP contribution in [-0.2, 0) is 9.53 Å². The molecule has 0 aromatic rings. The monoisotopic (exact) mass is 225 g/mol. The molecule has 3 nitrogen and oxygen atoms in total. The topological polar surface area (TPSA) is 29.5 Å². The SMILES string of the molecule is COC(=O)C(C)C1CCCN2CCCCC12. The van der Waals surface area contributed by atoms with Gasteiger partial charge in [0.25, 0.3) is 0 Å². The van der Waals surface area contributed by atoms with Gasteiger partial charge in [-0.25, -0.2) is 0 Å². The smallest absolute Gasteiger partial charge is 0.308 e. The molecule has 0 aliphatic carbocycles. The third kappa shape index (κ3) is 2.24. The molecular formula is C13H23NO2. The van der Waals surface area contributed by atoms with Crippen LogP contribution < -0.4 is 0 Å². The van der Waals surface area contributed by atoms with E-state index in [9.17, 15) is 4.79 Å². The molecule has 3 heteroatoms. The molecule has 0 amide bonds. The fraction of sp³-hybridized carbons (Fsp3) is 0.923. The van der Waals surface area contributed by atoms with E-state index in [0.29, 0.717) is 12.0 Å². The molecule has 0 bridgehead atoms. The number of esters is 1. The van der Waals surface area contributed by atoms with Crippen LogP contribution in [0.4, 0.5) is 0 Å². The van der Waals surface area contributed by atoms with Crippen molar-refractivity contribution in [3.63, 3.8) is 0 Å². The van der Waals surface area contributed by atoms with Crippen molar-refractivity contribution in [3.05, 3.63) is 0 Å². The van der Waals surface area contributed by atoms with Crippen LogP contribution in [0.2, 0.25) is 0 Å². The number of carbonyl (C=O) groups excluding carboxylic acids is 1. The van der Waals surface area contributed by atoms with E-state index in [1.165, 1.54) is 52.3 Å². The molecule has 2 aliphatic rings. The molecule has 16 heavy (non-hydrogen) atoms. The standard InChI is InChI=1S/C13H23NO2/c1-10(13(15)16-2)11-6-5-9-14-8-4-3-7-12(11)14/h10-12H,3-9H2,1-2H3. The minimum atomic E-state index is -0.0302. The predicted molar refractivity (Wildman–Crippen MR) is 63.1 cm³/mol. The summed E-state index contributed by atoms with van der Waals surface area (Å²) in [5.74, 6) is 0.551. The maximum Gasteiger partial charge on any atom is 0.308 e. The van der Waals surface area contributed by atoms with Gasteiger partial charge in [-0.2, -0.15) is 0 Å². The zero-order valence-electron chi connectivity index (χ0n) is 10.4. The molecule has 3 unspecified atom stereocenters. The Morgan fingerprint density at radius 1 is 1.25 bits per heavy atom. The first kappa shape index (κ1) is 11.9. The van der Waals surface area contributed by atoms with Gasteiger partial charge >= 0.3 is 5.97 Å². The van der Waals surface area contributed by atoms with Gasteiger partial charge in [-0.3, -0.25) is 4.79 Å². The first-order valence-electron chi connectivity index (χ1n) is 6.56. The van der Waals surface area contributed by atoms with Crippen LogP contribution in [0.3, 0.4) is 0 Å². The molecule has 2 rings (SSSR count). The van der Waals surface area contributed by atoms with E-state index in [1.54, 1.807) is 0 Å². The summed E-state index contributed by atoms with van der Waals surface area (Å²) < 4.78 is 4.89. The molecule has 2 fully saturated rings. The molecule has 0 spiro atoms. The number of ether oxygens (including phenoxy) is 1. The number of rotatable bonds is 2. The average molecular weight is 225 g/mol. The highest BCUT2D eigenvalue weighted by molar-refractivity contribution is 5.72.